The van der Waals surface area contributed by atoms with Gasteiger partial charge in [-0.2, -0.15) is 0 Å². The Morgan fingerprint density at radius 3 is 2.07 bits per heavy atom. The van der Waals surface area contributed by atoms with Crippen LogP contribution in [-0.4, -0.2) is 25.0 Å². The first-order chi connectivity index (χ1) is 7.10. The molecular formula is C11H21NO2S. The molecule has 4 heteroatoms. The Kier molecular flexibility index (Phi) is 3.36. The maximum absolute atomic E-state index is 12.3. The third kappa shape index (κ3) is 2.36. The Morgan fingerprint density at radius 2 is 1.53 bits per heavy atom. The molecule has 0 spiro atoms. The van der Waals surface area contributed by atoms with Crippen LogP contribution in [0.15, 0.2) is 0 Å². The van der Waals surface area contributed by atoms with Crippen LogP contribution in [0.25, 0.3) is 0 Å². The maximum atomic E-state index is 12.3. The van der Waals surface area contributed by atoms with Crippen molar-refractivity contribution in [1.82, 2.24) is 0 Å². The zero-order valence-corrected chi connectivity index (χ0v) is 10.0. The van der Waals surface area contributed by atoms with E-state index in [1.165, 1.54) is 6.42 Å². The molecule has 2 unspecified atom stereocenters. The number of sulfone groups is 1. The van der Waals surface area contributed by atoms with Gasteiger partial charge >= 0.3 is 0 Å². The molecule has 2 saturated carbocycles. The molecular weight excluding hydrogens is 210 g/mol. The summed E-state index contributed by atoms with van der Waals surface area (Å²) >= 11 is 0. The minimum absolute atomic E-state index is 0.0541. The summed E-state index contributed by atoms with van der Waals surface area (Å²) in [5, 5.41) is -0.183. The van der Waals surface area contributed by atoms with E-state index in [1.807, 2.05) is 0 Å². The summed E-state index contributed by atoms with van der Waals surface area (Å²) in [6.07, 6.45) is 7.51. The van der Waals surface area contributed by atoms with Crippen molar-refractivity contribution in [2.75, 3.05) is 0 Å². The molecule has 0 heterocycles. The lowest BCUT2D eigenvalue weighted by Gasteiger charge is -2.24. The van der Waals surface area contributed by atoms with Crippen molar-refractivity contribution in [3.05, 3.63) is 0 Å². The molecule has 0 aliphatic heterocycles. The lowest BCUT2D eigenvalue weighted by atomic mass is 10.0. The van der Waals surface area contributed by atoms with Gasteiger partial charge in [0.05, 0.1) is 10.5 Å². The minimum atomic E-state index is -2.87. The predicted octanol–water partition coefficient (Wildman–Crippen LogP) is 1.61. The van der Waals surface area contributed by atoms with Gasteiger partial charge in [-0.1, -0.05) is 19.3 Å². The summed E-state index contributed by atoms with van der Waals surface area (Å²) in [6.45, 7) is 0. The highest BCUT2D eigenvalue weighted by Crippen LogP contribution is 2.32. The van der Waals surface area contributed by atoms with E-state index in [2.05, 4.69) is 0 Å². The molecule has 15 heavy (non-hydrogen) atoms. The summed E-state index contributed by atoms with van der Waals surface area (Å²) in [5.74, 6) is 0. The first-order valence-electron chi connectivity index (χ1n) is 6.09. The van der Waals surface area contributed by atoms with E-state index in [0.717, 1.165) is 38.5 Å². The third-order valence-electron chi connectivity index (χ3n) is 3.91. The van der Waals surface area contributed by atoms with Crippen LogP contribution in [0.4, 0.5) is 0 Å². The van der Waals surface area contributed by atoms with Gasteiger partial charge in [0.25, 0.3) is 0 Å². The molecule has 2 rings (SSSR count). The topological polar surface area (TPSA) is 60.2 Å². The first kappa shape index (κ1) is 11.4. The van der Waals surface area contributed by atoms with E-state index in [1.54, 1.807) is 0 Å². The van der Waals surface area contributed by atoms with Crippen molar-refractivity contribution < 1.29 is 8.42 Å². The number of hydrogen-bond acceptors (Lipinski definition) is 3. The van der Waals surface area contributed by atoms with Crippen LogP contribution >= 0.6 is 0 Å². The standard InChI is InChI=1S/C11H21NO2S/c12-9-6-7-11(8-9)15(13,14)10-4-2-1-3-5-10/h9-11H,1-8,12H2. The molecule has 0 aromatic carbocycles. The van der Waals surface area contributed by atoms with E-state index in [-0.39, 0.29) is 16.5 Å². The van der Waals surface area contributed by atoms with E-state index in [0.29, 0.717) is 6.42 Å². The van der Waals surface area contributed by atoms with Crippen molar-refractivity contribution in [3.63, 3.8) is 0 Å². The van der Waals surface area contributed by atoms with Gasteiger partial charge in [-0.05, 0) is 32.1 Å². The highest BCUT2D eigenvalue weighted by Gasteiger charge is 2.38. The molecule has 0 bridgehead atoms. The summed E-state index contributed by atoms with van der Waals surface area (Å²) < 4.78 is 24.6. The van der Waals surface area contributed by atoms with Gasteiger partial charge in [0, 0.05) is 6.04 Å². The van der Waals surface area contributed by atoms with E-state index >= 15 is 0 Å². The first-order valence-corrected chi connectivity index (χ1v) is 7.70. The quantitative estimate of drug-likeness (QED) is 0.785. The van der Waals surface area contributed by atoms with Crippen LogP contribution in [-0.2, 0) is 9.84 Å². The van der Waals surface area contributed by atoms with Gasteiger partial charge in [0.15, 0.2) is 9.84 Å². The Balaban J connectivity index is 2.05. The molecule has 0 radical (unpaired) electrons. The fraction of sp³-hybridized carbons (Fsp3) is 1.00. The predicted molar refractivity (Wildman–Crippen MR) is 61.4 cm³/mol. The molecule has 2 N–H and O–H groups in total. The second kappa shape index (κ2) is 4.42. The van der Waals surface area contributed by atoms with Gasteiger partial charge in [0.2, 0.25) is 0 Å². The maximum Gasteiger partial charge on any atom is 0.156 e. The van der Waals surface area contributed by atoms with Crippen molar-refractivity contribution in [2.45, 2.75) is 67.9 Å². The zero-order chi connectivity index (χ0) is 10.9. The van der Waals surface area contributed by atoms with Gasteiger partial charge in [-0.3, -0.25) is 0 Å². The SMILES string of the molecule is NC1CCC(S(=O)(=O)C2CCCCC2)C1. The number of rotatable bonds is 2. The molecule has 0 amide bonds. The fourth-order valence-corrected chi connectivity index (χ4v) is 5.45. The fourth-order valence-electron chi connectivity index (χ4n) is 2.94. The second-order valence-corrected chi connectivity index (χ2v) is 7.56. The molecule has 88 valence electrons. The normalized spacial score (nSPS) is 34.5. The zero-order valence-electron chi connectivity index (χ0n) is 9.19. The van der Waals surface area contributed by atoms with Crippen LogP contribution in [0.3, 0.4) is 0 Å². The highest BCUT2D eigenvalue weighted by molar-refractivity contribution is 7.92. The van der Waals surface area contributed by atoms with Gasteiger partial charge in [-0.15, -0.1) is 0 Å². The number of hydrogen-bond donors (Lipinski definition) is 1. The molecule has 0 aromatic heterocycles. The molecule has 2 aliphatic rings. The molecule has 0 aromatic rings. The van der Waals surface area contributed by atoms with E-state index in [4.69, 9.17) is 5.73 Å². The van der Waals surface area contributed by atoms with Crippen molar-refractivity contribution in [2.24, 2.45) is 5.73 Å². The van der Waals surface area contributed by atoms with Crippen molar-refractivity contribution in [3.8, 4) is 0 Å². The smallest absolute Gasteiger partial charge is 0.156 e. The van der Waals surface area contributed by atoms with Crippen LogP contribution in [0, 0.1) is 0 Å². The average molecular weight is 231 g/mol. The van der Waals surface area contributed by atoms with E-state index < -0.39 is 9.84 Å². The second-order valence-electron chi connectivity index (χ2n) is 5.04. The molecule has 2 atom stereocenters. The molecule has 3 nitrogen and oxygen atoms in total. The van der Waals surface area contributed by atoms with Crippen LogP contribution < -0.4 is 5.73 Å². The summed E-state index contributed by atoms with van der Waals surface area (Å²) in [4.78, 5) is 0. The van der Waals surface area contributed by atoms with Crippen LogP contribution in [0.2, 0.25) is 0 Å². The highest BCUT2D eigenvalue weighted by atomic mass is 32.2. The number of nitrogens with two attached hydrogens (primary N) is 1. The van der Waals surface area contributed by atoms with Crippen molar-refractivity contribution in [1.29, 1.82) is 0 Å². The summed E-state index contributed by atoms with van der Waals surface area (Å²) in [7, 11) is -2.87. The lowest BCUT2D eigenvalue weighted by Crippen LogP contribution is -2.33. The molecule has 2 aliphatic carbocycles. The largest absolute Gasteiger partial charge is 0.328 e. The summed E-state index contributed by atoms with van der Waals surface area (Å²) in [5.41, 5.74) is 5.79. The van der Waals surface area contributed by atoms with E-state index in [9.17, 15) is 8.42 Å². The van der Waals surface area contributed by atoms with Gasteiger partial charge < -0.3 is 5.73 Å². The van der Waals surface area contributed by atoms with Crippen LogP contribution in [0.5, 0.6) is 0 Å². The molecule has 0 saturated heterocycles. The Labute approximate surface area is 92.3 Å². The lowest BCUT2D eigenvalue weighted by molar-refractivity contribution is 0.477. The monoisotopic (exact) mass is 231 g/mol. The van der Waals surface area contributed by atoms with Gasteiger partial charge in [0.1, 0.15) is 0 Å². The molecule has 2 fully saturated rings. The van der Waals surface area contributed by atoms with Crippen molar-refractivity contribution >= 4 is 9.84 Å². The van der Waals surface area contributed by atoms with Gasteiger partial charge in [-0.25, -0.2) is 8.42 Å². The summed E-state index contributed by atoms with van der Waals surface area (Å²) in [6, 6.07) is 0.119. The Hall–Kier alpha value is -0.0900. The minimum Gasteiger partial charge on any atom is -0.328 e. The third-order valence-corrected chi connectivity index (χ3v) is 6.66. The Morgan fingerprint density at radius 1 is 0.867 bits per heavy atom. The average Bonchev–Trinajstić information content (AvgIpc) is 2.67. The Bertz CT molecular complexity index is 296. The van der Waals surface area contributed by atoms with Crippen LogP contribution in [0.1, 0.15) is 51.4 Å².